The normalized spacial score (nSPS) is 21.4. The summed E-state index contributed by atoms with van der Waals surface area (Å²) < 4.78 is 16.9. The van der Waals surface area contributed by atoms with Gasteiger partial charge in [0.25, 0.3) is 0 Å². The van der Waals surface area contributed by atoms with Crippen LogP contribution in [0.2, 0.25) is 0 Å². The minimum Gasteiger partial charge on any atom is -0.351 e. The van der Waals surface area contributed by atoms with Crippen LogP contribution in [0.5, 0.6) is 0 Å². The van der Waals surface area contributed by atoms with Gasteiger partial charge >= 0.3 is 0 Å². The Labute approximate surface area is 217 Å². The highest BCUT2D eigenvalue weighted by Crippen LogP contribution is 2.27. The summed E-state index contributed by atoms with van der Waals surface area (Å²) in [4.78, 5) is 15.8. The van der Waals surface area contributed by atoms with Crippen LogP contribution in [0.25, 0.3) is 28.2 Å². The number of hydrogen-bond acceptors (Lipinski definition) is 6. The fourth-order valence-electron chi connectivity index (χ4n) is 5.67. The first-order valence-electron chi connectivity index (χ1n) is 13.4. The zero-order valence-corrected chi connectivity index (χ0v) is 21.3. The van der Waals surface area contributed by atoms with Crippen molar-refractivity contribution in [3.05, 3.63) is 66.9 Å². The Bertz CT molecular complexity index is 1340. The summed E-state index contributed by atoms with van der Waals surface area (Å²) in [6, 6.07) is 15.6. The third kappa shape index (κ3) is 5.36. The molecule has 3 aromatic heterocycles. The predicted molar refractivity (Wildman–Crippen MR) is 145 cm³/mol. The molecule has 37 heavy (non-hydrogen) atoms. The quantitative estimate of drug-likeness (QED) is 0.389. The number of pyridine rings is 1. The predicted octanol–water partition coefficient (Wildman–Crippen LogP) is 5.00. The highest BCUT2D eigenvalue weighted by atomic mass is 19.1. The molecule has 4 heterocycles. The van der Waals surface area contributed by atoms with Crippen molar-refractivity contribution >= 4 is 11.6 Å². The minimum absolute atomic E-state index is 0.257. The average molecular weight is 500 g/mol. The first-order valence-corrected chi connectivity index (χ1v) is 13.4. The lowest BCUT2D eigenvalue weighted by molar-refractivity contribution is 0.211. The number of benzene rings is 1. The Balaban J connectivity index is 1.15. The third-order valence-electron chi connectivity index (χ3n) is 7.85. The maximum atomic E-state index is 15.0. The van der Waals surface area contributed by atoms with Crippen molar-refractivity contribution in [3.8, 4) is 22.5 Å². The number of nitrogens with one attached hydrogen (secondary N) is 2. The molecular weight excluding hydrogens is 465 g/mol. The molecule has 0 bridgehead atoms. The SMILES string of the molecule is CN1CCC(NC2CCC(Nc3ncc(F)c(-c4cnc5ccc(-c6ccccc6)cn45)n3)CC2)CC1. The van der Waals surface area contributed by atoms with Crippen molar-refractivity contribution in [2.75, 3.05) is 25.5 Å². The van der Waals surface area contributed by atoms with E-state index >= 15 is 0 Å². The number of halogens is 1. The van der Waals surface area contributed by atoms with Crippen LogP contribution < -0.4 is 10.6 Å². The molecule has 0 atom stereocenters. The van der Waals surface area contributed by atoms with Gasteiger partial charge in [-0.15, -0.1) is 0 Å². The smallest absolute Gasteiger partial charge is 0.223 e. The second-order valence-electron chi connectivity index (χ2n) is 10.5. The molecule has 1 aliphatic carbocycles. The van der Waals surface area contributed by atoms with Gasteiger partial charge in [-0.1, -0.05) is 30.3 Å². The lowest BCUT2D eigenvalue weighted by Gasteiger charge is -2.35. The molecule has 2 aliphatic rings. The fourth-order valence-corrected chi connectivity index (χ4v) is 5.67. The molecule has 0 spiro atoms. The summed E-state index contributed by atoms with van der Waals surface area (Å²) in [5.74, 6) is 0.0146. The van der Waals surface area contributed by atoms with Crippen LogP contribution in [-0.4, -0.2) is 62.5 Å². The van der Waals surface area contributed by atoms with Gasteiger partial charge in [-0.2, -0.15) is 0 Å². The minimum atomic E-state index is -0.455. The van der Waals surface area contributed by atoms with Crippen LogP contribution in [0.4, 0.5) is 10.3 Å². The van der Waals surface area contributed by atoms with E-state index in [0.29, 0.717) is 29.8 Å². The molecule has 0 unspecified atom stereocenters. The van der Waals surface area contributed by atoms with Gasteiger partial charge in [0.1, 0.15) is 11.3 Å². The van der Waals surface area contributed by atoms with E-state index in [2.05, 4.69) is 49.7 Å². The summed E-state index contributed by atoms with van der Waals surface area (Å²) in [5.41, 5.74) is 3.74. The number of aromatic nitrogens is 4. The molecule has 1 aromatic carbocycles. The van der Waals surface area contributed by atoms with Crippen molar-refractivity contribution < 1.29 is 4.39 Å². The molecule has 6 rings (SSSR count). The van der Waals surface area contributed by atoms with Gasteiger partial charge in [0.05, 0.1) is 18.1 Å². The third-order valence-corrected chi connectivity index (χ3v) is 7.85. The Hall–Kier alpha value is -3.36. The van der Waals surface area contributed by atoms with Crippen molar-refractivity contribution in [2.45, 2.75) is 56.7 Å². The molecule has 7 nitrogen and oxygen atoms in total. The Morgan fingerprint density at radius 3 is 2.32 bits per heavy atom. The number of rotatable bonds is 6. The Kier molecular flexibility index (Phi) is 6.85. The number of fused-ring (bicyclic) bond motifs is 1. The highest BCUT2D eigenvalue weighted by molar-refractivity contribution is 5.68. The lowest BCUT2D eigenvalue weighted by Crippen LogP contribution is -2.47. The van der Waals surface area contributed by atoms with Gasteiger partial charge in [-0.3, -0.25) is 4.40 Å². The van der Waals surface area contributed by atoms with Crippen LogP contribution in [-0.2, 0) is 0 Å². The molecule has 8 heteroatoms. The second kappa shape index (κ2) is 10.6. The number of anilines is 1. The van der Waals surface area contributed by atoms with E-state index in [-0.39, 0.29) is 5.69 Å². The van der Waals surface area contributed by atoms with Gasteiger partial charge in [-0.05, 0) is 81.9 Å². The van der Waals surface area contributed by atoms with Crippen molar-refractivity contribution in [2.24, 2.45) is 0 Å². The molecule has 4 aromatic rings. The monoisotopic (exact) mass is 499 g/mol. The number of nitrogens with zero attached hydrogens (tertiary/aromatic N) is 5. The molecule has 0 radical (unpaired) electrons. The van der Waals surface area contributed by atoms with E-state index in [1.807, 2.05) is 40.9 Å². The van der Waals surface area contributed by atoms with Gasteiger partial charge < -0.3 is 15.5 Å². The van der Waals surface area contributed by atoms with Gasteiger partial charge in [0.15, 0.2) is 5.82 Å². The van der Waals surface area contributed by atoms with Gasteiger partial charge in [0.2, 0.25) is 5.95 Å². The van der Waals surface area contributed by atoms with Crippen LogP contribution in [0, 0.1) is 5.82 Å². The maximum Gasteiger partial charge on any atom is 0.223 e. The first kappa shape index (κ1) is 24.0. The van der Waals surface area contributed by atoms with Crippen LogP contribution in [0.3, 0.4) is 0 Å². The summed E-state index contributed by atoms with van der Waals surface area (Å²) in [6.07, 6.45) is 11.8. The lowest BCUT2D eigenvalue weighted by atomic mass is 9.90. The summed E-state index contributed by atoms with van der Waals surface area (Å²) in [6.45, 7) is 2.36. The van der Waals surface area contributed by atoms with Gasteiger partial charge in [0, 0.05) is 24.3 Å². The molecular formula is C29H34FN7. The zero-order chi connectivity index (χ0) is 25.2. The summed E-state index contributed by atoms with van der Waals surface area (Å²) in [7, 11) is 2.20. The summed E-state index contributed by atoms with van der Waals surface area (Å²) >= 11 is 0. The van der Waals surface area contributed by atoms with E-state index in [4.69, 9.17) is 0 Å². The fraction of sp³-hybridized carbons (Fsp3) is 0.414. The zero-order valence-electron chi connectivity index (χ0n) is 21.3. The van der Waals surface area contributed by atoms with Crippen LogP contribution in [0.15, 0.2) is 61.1 Å². The molecule has 2 fully saturated rings. The largest absolute Gasteiger partial charge is 0.351 e. The molecule has 192 valence electrons. The topological polar surface area (TPSA) is 70.4 Å². The van der Waals surface area contributed by atoms with Gasteiger partial charge in [-0.25, -0.2) is 19.3 Å². The van der Waals surface area contributed by atoms with E-state index in [0.717, 1.165) is 42.5 Å². The number of piperidine rings is 1. The standard InChI is InChI=1S/C29H34FN7/c1-36-15-13-24(14-16-36)33-22-8-10-23(11-9-22)34-29-32-17-25(30)28(35-29)26-18-31-27-12-7-21(19-37(26)27)20-5-3-2-4-6-20/h2-7,12,17-19,22-24,33H,8-11,13-16H2,1H3,(H,32,34,35). The Morgan fingerprint density at radius 2 is 1.54 bits per heavy atom. The van der Waals surface area contributed by atoms with E-state index in [1.54, 1.807) is 6.20 Å². The summed E-state index contributed by atoms with van der Waals surface area (Å²) in [5, 5.41) is 7.36. The second-order valence-corrected chi connectivity index (χ2v) is 10.5. The molecule has 1 saturated heterocycles. The highest BCUT2D eigenvalue weighted by Gasteiger charge is 2.25. The van der Waals surface area contributed by atoms with E-state index in [1.165, 1.54) is 32.1 Å². The van der Waals surface area contributed by atoms with Crippen molar-refractivity contribution in [3.63, 3.8) is 0 Å². The van der Waals surface area contributed by atoms with E-state index < -0.39 is 5.82 Å². The number of hydrogen-bond donors (Lipinski definition) is 2. The van der Waals surface area contributed by atoms with Crippen LogP contribution in [0.1, 0.15) is 38.5 Å². The van der Waals surface area contributed by atoms with Crippen LogP contribution >= 0.6 is 0 Å². The van der Waals surface area contributed by atoms with Crippen molar-refractivity contribution in [1.82, 2.24) is 29.6 Å². The molecule has 2 N–H and O–H groups in total. The number of likely N-dealkylation sites (tertiary alicyclic amines) is 1. The maximum absolute atomic E-state index is 15.0. The van der Waals surface area contributed by atoms with Crippen molar-refractivity contribution in [1.29, 1.82) is 0 Å². The average Bonchev–Trinajstić information content (AvgIpc) is 3.36. The molecule has 0 amide bonds. The number of imidazole rings is 1. The first-order chi connectivity index (χ1) is 18.1. The van der Waals surface area contributed by atoms with E-state index in [9.17, 15) is 4.39 Å². The Morgan fingerprint density at radius 1 is 0.811 bits per heavy atom. The molecule has 1 aliphatic heterocycles. The molecule has 1 saturated carbocycles.